The second-order valence-corrected chi connectivity index (χ2v) is 4.22. The Bertz CT molecular complexity index is 332. The summed E-state index contributed by atoms with van der Waals surface area (Å²) >= 11 is 0. The third-order valence-corrected chi connectivity index (χ3v) is 2.36. The van der Waals surface area contributed by atoms with E-state index < -0.39 is 6.10 Å². The minimum Gasteiger partial charge on any atom is -0.389 e. The van der Waals surface area contributed by atoms with Crippen LogP contribution in [0.25, 0.3) is 0 Å². The Morgan fingerprint density at radius 3 is 2.94 bits per heavy atom. The number of nitrogens with zero attached hydrogens (tertiary/aromatic N) is 3. The standard InChI is InChI=1S/C11H22N4O3/c1-9(7-17-2)18-8-11(16)6-15-5-10(3-4-12)13-14-15/h5,9,11,16H,3-4,6-8,12H2,1-2H3. The molecule has 1 aromatic rings. The van der Waals surface area contributed by atoms with Crippen molar-refractivity contribution in [3.63, 3.8) is 0 Å². The molecule has 0 aliphatic heterocycles. The predicted octanol–water partition coefficient (Wildman–Crippen LogP) is -0.808. The van der Waals surface area contributed by atoms with Gasteiger partial charge in [0.25, 0.3) is 0 Å². The van der Waals surface area contributed by atoms with E-state index in [0.29, 0.717) is 26.1 Å². The van der Waals surface area contributed by atoms with Gasteiger partial charge in [-0.05, 0) is 13.5 Å². The predicted molar refractivity (Wildman–Crippen MR) is 66.1 cm³/mol. The van der Waals surface area contributed by atoms with Gasteiger partial charge in [-0.3, -0.25) is 0 Å². The molecule has 0 radical (unpaired) electrons. The van der Waals surface area contributed by atoms with Crippen LogP contribution in [0.2, 0.25) is 0 Å². The summed E-state index contributed by atoms with van der Waals surface area (Å²) in [6, 6.07) is 0. The molecule has 0 saturated heterocycles. The number of aromatic nitrogens is 3. The molecule has 2 atom stereocenters. The van der Waals surface area contributed by atoms with Gasteiger partial charge in [0.15, 0.2) is 0 Å². The number of hydrogen-bond acceptors (Lipinski definition) is 6. The Labute approximate surface area is 107 Å². The number of hydrogen-bond donors (Lipinski definition) is 2. The van der Waals surface area contributed by atoms with Crippen molar-refractivity contribution in [3.8, 4) is 0 Å². The summed E-state index contributed by atoms with van der Waals surface area (Å²) in [5.41, 5.74) is 6.25. The molecule has 3 N–H and O–H groups in total. The van der Waals surface area contributed by atoms with Gasteiger partial charge in [0.2, 0.25) is 0 Å². The molecular formula is C11H22N4O3. The minimum absolute atomic E-state index is 0.0341. The minimum atomic E-state index is -0.614. The molecule has 7 heteroatoms. The van der Waals surface area contributed by atoms with Crippen LogP contribution in [0.3, 0.4) is 0 Å². The van der Waals surface area contributed by atoms with Crippen molar-refractivity contribution in [2.45, 2.75) is 32.1 Å². The van der Waals surface area contributed by atoms with Crippen LogP contribution in [0.4, 0.5) is 0 Å². The first-order chi connectivity index (χ1) is 8.65. The van der Waals surface area contributed by atoms with Gasteiger partial charge in [-0.25, -0.2) is 4.68 Å². The summed E-state index contributed by atoms with van der Waals surface area (Å²) < 4.78 is 11.9. The van der Waals surface area contributed by atoms with Gasteiger partial charge in [0.1, 0.15) is 0 Å². The highest BCUT2D eigenvalue weighted by molar-refractivity contribution is 4.92. The maximum Gasteiger partial charge on any atom is 0.0969 e. The lowest BCUT2D eigenvalue weighted by Gasteiger charge is -2.15. The molecular weight excluding hydrogens is 236 g/mol. The first kappa shape index (κ1) is 15.0. The molecule has 0 aromatic carbocycles. The van der Waals surface area contributed by atoms with E-state index in [-0.39, 0.29) is 12.7 Å². The second-order valence-electron chi connectivity index (χ2n) is 4.22. The van der Waals surface area contributed by atoms with E-state index in [4.69, 9.17) is 15.2 Å². The van der Waals surface area contributed by atoms with Crippen LogP contribution < -0.4 is 5.73 Å². The fraction of sp³-hybridized carbons (Fsp3) is 0.818. The zero-order valence-corrected chi connectivity index (χ0v) is 11.0. The molecule has 0 amide bonds. The molecule has 0 aliphatic rings. The number of aliphatic hydroxyl groups is 1. The lowest BCUT2D eigenvalue weighted by atomic mass is 10.3. The highest BCUT2D eigenvalue weighted by atomic mass is 16.5. The number of rotatable bonds is 9. The number of nitrogens with two attached hydrogens (primary N) is 1. The van der Waals surface area contributed by atoms with Crippen molar-refractivity contribution < 1.29 is 14.6 Å². The Hall–Kier alpha value is -1.02. The molecule has 104 valence electrons. The van der Waals surface area contributed by atoms with Crippen molar-refractivity contribution in [2.75, 3.05) is 26.9 Å². The van der Waals surface area contributed by atoms with Crippen molar-refractivity contribution in [3.05, 3.63) is 11.9 Å². The van der Waals surface area contributed by atoms with Crippen LogP contribution in [0.1, 0.15) is 12.6 Å². The van der Waals surface area contributed by atoms with E-state index in [1.54, 1.807) is 18.0 Å². The van der Waals surface area contributed by atoms with Crippen LogP contribution in [-0.2, 0) is 22.4 Å². The van der Waals surface area contributed by atoms with Gasteiger partial charge in [0.05, 0.1) is 37.7 Å². The number of ether oxygens (including phenoxy) is 2. The Morgan fingerprint density at radius 2 is 2.28 bits per heavy atom. The zero-order chi connectivity index (χ0) is 13.4. The van der Waals surface area contributed by atoms with Crippen LogP contribution in [0, 0.1) is 0 Å². The first-order valence-corrected chi connectivity index (χ1v) is 6.03. The maximum atomic E-state index is 9.78. The van der Waals surface area contributed by atoms with Crippen LogP contribution in [0.15, 0.2) is 6.20 Å². The highest BCUT2D eigenvalue weighted by Gasteiger charge is 2.10. The van der Waals surface area contributed by atoms with E-state index in [0.717, 1.165) is 5.69 Å². The SMILES string of the molecule is COCC(C)OCC(O)Cn1cc(CCN)nn1. The molecule has 18 heavy (non-hydrogen) atoms. The molecule has 2 unspecified atom stereocenters. The van der Waals surface area contributed by atoms with E-state index >= 15 is 0 Å². The normalized spacial score (nSPS) is 14.7. The summed E-state index contributed by atoms with van der Waals surface area (Å²) in [6.07, 6.45) is 1.83. The van der Waals surface area contributed by atoms with Crippen molar-refractivity contribution >= 4 is 0 Å². The maximum absolute atomic E-state index is 9.78. The van der Waals surface area contributed by atoms with Gasteiger partial charge >= 0.3 is 0 Å². The third-order valence-electron chi connectivity index (χ3n) is 2.36. The fourth-order valence-electron chi connectivity index (χ4n) is 1.52. The molecule has 1 rings (SSSR count). The van der Waals surface area contributed by atoms with Crippen molar-refractivity contribution in [1.82, 2.24) is 15.0 Å². The molecule has 0 spiro atoms. The lowest BCUT2D eigenvalue weighted by molar-refractivity contribution is -0.0365. The van der Waals surface area contributed by atoms with E-state index in [9.17, 15) is 5.11 Å². The molecule has 1 heterocycles. The second kappa shape index (κ2) is 8.15. The van der Waals surface area contributed by atoms with Crippen molar-refractivity contribution in [1.29, 1.82) is 0 Å². The molecule has 0 bridgehead atoms. The van der Waals surface area contributed by atoms with Gasteiger partial charge in [0, 0.05) is 19.7 Å². The van der Waals surface area contributed by atoms with Gasteiger partial charge in [-0.2, -0.15) is 0 Å². The summed E-state index contributed by atoms with van der Waals surface area (Å²) in [6.45, 7) is 3.55. The van der Waals surface area contributed by atoms with Crippen LogP contribution >= 0.6 is 0 Å². The Balaban J connectivity index is 2.28. The van der Waals surface area contributed by atoms with E-state index in [2.05, 4.69) is 10.3 Å². The summed E-state index contributed by atoms with van der Waals surface area (Å²) in [7, 11) is 1.62. The molecule has 0 fully saturated rings. The van der Waals surface area contributed by atoms with Crippen LogP contribution in [-0.4, -0.2) is 59.2 Å². The highest BCUT2D eigenvalue weighted by Crippen LogP contribution is 1.99. The lowest BCUT2D eigenvalue weighted by Crippen LogP contribution is -2.26. The Morgan fingerprint density at radius 1 is 1.50 bits per heavy atom. The number of aliphatic hydroxyl groups excluding tert-OH is 1. The Kier molecular flexibility index (Phi) is 6.81. The number of methoxy groups -OCH3 is 1. The van der Waals surface area contributed by atoms with Gasteiger partial charge in [-0.15, -0.1) is 5.10 Å². The molecule has 0 aliphatic carbocycles. The average molecular weight is 258 g/mol. The summed E-state index contributed by atoms with van der Waals surface area (Å²) in [4.78, 5) is 0. The smallest absolute Gasteiger partial charge is 0.0969 e. The average Bonchev–Trinajstić information content (AvgIpc) is 2.75. The van der Waals surface area contributed by atoms with E-state index in [1.165, 1.54) is 0 Å². The van der Waals surface area contributed by atoms with Crippen LogP contribution in [0.5, 0.6) is 0 Å². The first-order valence-electron chi connectivity index (χ1n) is 6.03. The quantitative estimate of drug-likeness (QED) is 0.601. The van der Waals surface area contributed by atoms with Gasteiger partial charge in [-0.1, -0.05) is 5.21 Å². The summed E-state index contributed by atoms with van der Waals surface area (Å²) in [5.74, 6) is 0. The molecule has 0 saturated carbocycles. The fourth-order valence-corrected chi connectivity index (χ4v) is 1.52. The van der Waals surface area contributed by atoms with E-state index in [1.807, 2.05) is 6.92 Å². The largest absolute Gasteiger partial charge is 0.389 e. The molecule has 7 nitrogen and oxygen atoms in total. The van der Waals surface area contributed by atoms with Gasteiger partial charge < -0.3 is 20.3 Å². The molecule has 1 aromatic heterocycles. The monoisotopic (exact) mass is 258 g/mol. The third kappa shape index (κ3) is 5.54. The topological polar surface area (TPSA) is 95.4 Å². The van der Waals surface area contributed by atoms with Crippen molar-refractivity contribution in [2.24, 2.45) is 5.73 Å². The summed E-state index contributed by atoms with van der Waals surface area (Å²) in [5, 5.41) is 17.6. The zero-order valence-electron chi connectivity index (χ0n) is 11.0.